The number of rotatable bonds is 2. The Morgan fingerprint density at radius 3 is 3.36 bits per heavy atom. The van der Waals surface area contributed by atoms with Crippen molar-refractivity contribution in [2.45, 2.75) is 25.7 Å². The molecule has 0 aromatic carbocycles. The molecule has 0 unspecified atom stereocenters. The third-order valence-corrected chi connectivity index (χ3v) is 3.21. The number of hydrogen-bond donors (Lipinski definition) is 2. The lowest BCUT2D eigenvalue weighted by molar-refractivity contribution is 0.0950. The molecule has 1 heterocycles. The van der Waals surface area contributed by atoms with E-state index < -0.39 is 0 Å². The fourth-order valence-corrected chi connectivity index (χ4v) is 2.41. The first kappa shape index (κ1) is 8.03. The summed E-state index contributed by atoms with van der Waals surface area (Å²) in [6.45, 7) is 2.58. The number of H-pyrrole nitrogens is 1. The van der Waals surface area contributed by atoms with Gasteiger partial charge in [-0.25, -0.2) is 0 Å². The average Bonchev–Trinajstić information content (AvgIpc) is 2.67. The number of amides is 1. The van der Waals surface area contributed by atoms with Crippen LogP contribution >= 0.6 is 0 Å². The van der Waals surface area contributed by atoms with E-state index in [2.05, 4.69) is 15.5 Å². The monoisotopic (exact) mass is 191 g/mol. The number of hydrogen-bond acceptors (Lipinski definition) is 2. The molecule has 0 aliphatic heterocycles. The summed E-state index contributed by atoms with van der Waals surface area (Å²) in [7, 11) is 0. The zero-order valence-electron chi connectivity index (χ0n) is 8.13. The van der Waals surface area contributed by atoms with E-state index in [9.17, 15) is 4.79 Å². The van der Waals surface area contributed by atoms with Crippen molar-refractivity contribution < 1.29 is 4.79 Å². The first-order chi connectivity index (χ1) is 6.81. The Balaban J connectivity index is 1.93. The highest BCUT2D eigenvalue weighted by Crippen LogP contribution is 2.55. The molecule has 0 spiro atoms. The largest absolute Gasteiger partial charge is 0.351 e. The molecule has 2 atom stereocenters. The summed E-state index contributed by atoms with van der Waals surface area (Å²) < 4.78 is 0. The molecule has 0 radical (unpaired) electrons. The SMILES string of the molecule is CCNC(=O)c1n[nH]c2c1C[C@H]1C[C@@H]21. The summed E-state index contributed by atoms with van der Waals surface area (Å²) in [6, 6.07) is 0. The van der Waals surface area contributed by atoms with Crippen molar-refractivity contribution in [3.8, 4) is 0 Å². The van der Waals surface area contributed by atoms with Gasteiger partial charge in [-0.3, -0.25) is 9.89 Å². The fraction of sp³-hybridized carbons (Fsp3) is 0.600. The van der Waals surface area contributed by atoms with Crippen molar-refractivity contribution in [3.63, 3.8) is 0 Å². The van der Waals surface area contributed by atoms with Crippen molar-refractivity contribution in [1.29, 1.82) is 0 Å². The molecule has 74 valence electrons. The summed E-state index contributed by atoms with van der Waals surface area (Å²) in [6.07, 6.45) is 2.33. The molecule has 1 amide bonds. The number of nitrogens with one attached hydrogen (secondary N) is 2. The minimum atomic E-state index is -0.0358. The maximum absolute atomic E-state index is 11.6. The van der Waals surface area contributed by atoms with Gasteiger partial charge >= 0.3 is 0 Å². The van der Waals surface area contributed by atoms with Crippen LogP contribution in [0, 0.1) is 5.92 Å². The summed E-state index contributed by atoms with van der Waals surface area (Å²) in [5.41, 5.74) is 3.00. The zero-order chi connectivity index (χ0) is 9.71. The minimum Gasteiger partial charge on any atom is -0.351 e. The Bertz CT molecular complexity index is 396. The second kappa shape index (κ2) is 2.59. The summed E-state index contributed by atoms with van der Waals surface area (Å²) >= 11 is 0. The van der Waals surface area contributed by atoms with Crippen molar-refractivity contribution >= 4 is 5.91 Å². The van der Waals surface area contributed by atoms with E-state index in [1.807, 2.05) is 6.92 Å². The standard InChI is InChI=1S/C10H13N3O/c1-2-11-10(14)9-7-4-5-3-6(5)8(7)12-13-9/h5-6H,2-4H2,1H3,(H,11,14)(H,12,13)/t5-,6-/m1/s1. The molecular weight excluding hydrogens is 178 g/mol. The van der Waals surface area contributed by atoms with Crippen LogP contribution in [-0.2, 0) is 6.42 Å². The third kappa shape index (κ3) is 0.937. The normalized spacial score (nSPS) is 26.9. The highest BCUT2D eigenvalue weighted by molar-refractivity contribution is 5.94. The molecule has 14 heavy (non-hydrogen) atoms. The molecule has 3 rings (SSSR count). The van der Waals surface area contributed by atoms with Crippen LogP contribution in [0.3, 0.4) is 0 Å². The quantitative estimate of drug-likeness (QED) is 0.727. The highest BCUT2D eigenvalue weighted by Gasteiger charge is 2.48. The van der Waals surface area contributed by atoms with Crippen molar-refractivity contribution in [2.75, 3.05) is 6.54 Å². The number of carbonyl (C=O) groups excluding carboxylic acids is 1. The maximum Gasteiger partial charge on any atom is 0.272 e. The molecule has 2 N–H and O–H groups in total. The Morgan fingerprint density at radius 1 is 1.71 bits per heavy atom. The average molecular weight is 191 g/mol. The first-order valence-electron chi connectivity index (χ1n) is 5.16. The van der Waals surface area contributed by atoms with Gasteiger partial charge in [-0.15, -0.1) is 0 Å². The van der Waals surface area contributed by atoms with Gasteiger partial charge in [0.2, 0.25) is 0 Å². The van der Waals surface area contributed by atoms with Crippen molar-refractivity contribution in [1.82, 2.24) is 15.5 Å². The Kier molecular flexibility index (Phi) is 1.48. The molecule has 1 saturated carbocycles. The highest BCUT2D eigenvalue weighted by atomic mass is 16.1. The number of fused-ring (bicyclic) bond motifs is 3. The molecule has 1 aromatic rings. The second-order valence-corrected chi connectivity index (χ2v) is 4.13. The summed E-state index contributed by atoms with van der Waals surface area (Å²) in [5.74, 6) is 1.44. The summed E-state index contributed by atoms with van der Waals surface area (Å²) in [4.78, 5) is 11.6. The number of aromatic amines is 1. The van der Waals surface area contributed by atoms with Crippen LogP contribution in [0.2, 0.25) is 0 Å². The van der Waals surface area contributed by atoms with E-state index in [1.54, 1.807) is 0 Å². The molecular formula is C10H13N3O. The van der Waals surface area contributed by atoms with Gasteiger partial charge in [0, 0.05) is 23.7 Å². The molecule has 1 fully saturated rings. The molecule has 2 aliphatic rings. The van der Waals surface area contributed by atoms with Gasteiger partial charge in [0.15, 0.2) is 5.69 Å². The molecule has 0 bridgehead atoms. The van der Waals surface area contributed by atoms with Gasteiger partial charge in [-0.1, -0.05) is 0 Å². The van der Waals surface area contributed by atoms with Crippen molar-refractivity contribution in [3.05, 3.63) is 17.0 Å². The van der Waals surface area contributed by atoms with Crippen LogP contribution in [0.5, 0.6) is 0 Å². The third-order valence-electron chi connectivity index (χ3n) is 3.21. The molecule has 4 heteroatoms. The van der Waals surface area contributed by atoms with E-state index in [1.165, 1.54) is 12.1 Å². The number of carbonyl (C=O) groups is 1. The smallest absolute Gasteiger partial charge is 0.272 e. The Morgan fingerprint density at radius 2 is 2.57 bits per heavy atom. The van der Waals surface area contributed by atoms with E-state index >= 15 is 0 Å². The predicted molar refractivity (Wildman–Crippen MR) is 51.1 cm³/mol. The zero-order valence-corrected chi connectivity index (χ0v) is 8.13. The van der Waals surface area contributed by atoms with Gasteiger partial charge in [0.25, 0.3) is 5.91 Å². The number of nitrogens with zero attached hydrogens (tertiary/aromatic N) is 1. The van der Waals surface area contributed by atoms with Gasteiger partial charge < -0.3 is 5.32 Å². The van der Waals surface area contributed by atoms with Crippen LogP contribution in [0.25, 0.3) is 0 Å². The van der Waals surface area contributed by atoms with E-state index in [0.717, 1.165) is 17.9 Å². The summed E-state index contributed by atoms with van der Waals surface area (Å²) in [5, 5.41) is 9.89. The van der Waals surface area contributed by atoms with E-state index in [-0.39, 0.29) is 5.91 Å². The molecule has 1 aromatic heterocycles. The molecule has 0 saturated heterocycles. The van der Waals surface area contributed by atoms with Crippen LogP contribution in [-0.4, -0.2) is 22.6 Å². The van der Waals surface area contributed by atoms with Gasteiger partial charge in [0.1, 0.15) is 0 Å². The lowest BCUT2D eigenvalue weighted by Crippen LogP contribution is -2.24. The van der Waals surface area contributed by atoms with E-state index in [0.29, 0.717) is 18.2 Å². The first-order valence-corrected chi connectivity index (χ1v) is 5.16. The maximum atomic E-state index is 11.6. The second-order valence-electron chi connectivity index (χ2n) is 4.13. The fourth-order valence-electron chi connectivity index (χ4n) is 2.41. The van der Waals surface area contributed by atoms with Crippen LogP contribution < -0.4 is 5.32 Å². The van der Waals surface area contributed by atoms with Gasteiger partial charge in [-0.05, 0) is 25.7 Å². The van der Waals surface area contributed by atoms with Gasteiger partial charge in [0.05, 0.1) is 0 Å². The predicted octanol–water partition coefficient (Wildman–Crippen LogP) is 0.819. The minimum absolute atomic E-state index is 0.0358. The Labute approximate surface area is 82.1 Å². The molecule has 2 aliphatic carbocycles. The van der Waals surface area contributed by atoms with Crippen LogP contribution in [0.4, 0.5) is 0 Å². The van der Waals surface area contributed by atoms with E-state index in [4.69, 9.17) is 0 Å². The Hall–Kier alpha value is -1.32. The van der Waals surface area contributed by atoms with Crippen molar-refractivity contribution in [2.24, 2.45) is 5.92 Å². The lowest BCUT2D eigenvalue weighted by Gasteiger charge is -2.00. The van der Waals surface area contributed by atoms with Gasteiger partial charge in [-0.2, -0.15) is 5.10 Å². The lowest BCUT2D eigenvalue weighted by atomic mass is 10.1. The molecule has 4 nitrogen and oxygen atoms in total. The van der Waals surface area contributed by atoms with Crippen LogP contribution in [0.1, 0.15) is 41.0 Å². The number of aromatic nitrogens is 2. The topological polar surface area (TPSA) is 57.8 Å². The van der Waals surface area contributed by atoms with Crippen LogP contribution in [0.15, 0.2) is 0 Å².